The van der Waals surface area contributed by atoms with E-state index in [-0.39, 0.29) is 16.7 Å². The molecule has 0 saturated carbocycles. The summed E-state index contributed by atoms with van der Waals surface area (Å²) in [5.41, 5.74) is 0.675. The first-order chi connectivity index (χ1) is 16.7. The van der Waals surface area contributed by atoms with Crippen molar-refractivity contribution in [2.45, 2.75) is 24.2 Å². The second-order valence-electron chi connectivity index (χ2n) is 8.91. The minimum atomic E-state index is -3.52. The van der Waals surface area contributed by atoms with Crippen molar-refractivity contribution in [1.82, 2.24) is 9.88 Å². The highest BCUT2D eigenvalue weighted by atomic mass is 35.5. The maximum atomic E-state index is 12.9. The Bertz CT molecular complexity index is 1190. The number of anilines is 2. The fourth-order valence-corrected chi connectivity index (χ4v) is 5.11. The third-order valence-corrected chi connectivity index (χ3v) is 7.66. The molecule has 2 saturated heterocycles. The van der Waals surface area contributed by atoms with Gasteiger partial charge in [-0.3, -0.25) is 9.59 Å². The Kier molecular flexibility index (Phi) is 7.93. The molecule has 188 valence electrons. The van der Waals surface area contributed by atoms with Crippen LogP contribution in [0.25, 0.3) is 0 Å². The second-order valence-corrected chi connectivity index (χ2v) is 11.4. The number of morpholine rings is 1. The second kappa shape index (κ2) is 10.9. The zero-order chi connectivity index (χ0) is 25.0. The Morgan fingerprint density at radius 1 is 1.14 bits per heavy atom. The lowest BCUT2D eigenvalue weighted by Crippen LogP contribution is -2.42. The van der Waals surface area contributed by atoms with E-state index >= 15 is 0 Å². The van der Waals surface area contributed by atoms with Gasteiger partial charge in [-0.2, -0.15) is 0 Å². The van der Waals surface area contributed by atoms with Crippen molar-refractivity contribution >= 4 is 44.8 Å². The van der Waals surface area contributed by atoms with Gasteiger partial charge >= 0.3 is 0 Å². The number of sulfone groups is 1. The lowest BCUT2D eigenvalue weighted by atomic mass is 9.93. The van der Waals surface area contributed by atoms with E-state index in [1.807, 2.05) is 9.80 Å². The van der Waals surface area contributed by atoms with E-state index in [0.29, 0.717) is 67.9 Å². The molecule has 0 spiro atoms. The Hall–Kier alpha value is -2.69. The Balaban J connectivity index is 1.47. The molecule has 1 N–H and O–H groups in total. The number of benzene rings is 1. The third-order valence-electron chi connectivity index (χ3n) is 6.35. The van der Waals surface area contributed by atoms with E-state index in [1.165, 1.54) is 12.3 Å². The summed E-state index contributed by atoms with van der Waals surface area (Å²) >= 11 is 6.02. The summed E-state index contributed by atoms with van der Waals surface area (Å²) in [4.78, 5) is 33.8. The van der Waals surface area contributed by atoms with Gasteiger partial charge in [0.05, 0.1) is 23.8 Å². The molecule has 0 radical (unpaired) electrons. The van der Waals surface area contributed by atoms with Crippen molar-refractivity contribution in [2.24, 2.45) is 5.92 Å². The number of nitrogens with zero attached hydrogens (tertiary/aromatic N) is 3. The summed E-state index contributed by atoms with van der Waals surface area (Å²) in [6, 6.07) is 7.96. The minimum Gasteiger partial charge on any atom is -0.378 e. The number of hydrogen-bond acceptors (Lipinski definition) is 7. The minimum absolute atomic E-state index is 0.0219. The van der Waals surface area contributed by atoms with E-state index < -0.39 is 15.7 Å². The van der Waals surface area contributed by atoms with E-state index in [4.69, 9.17) is 16.3 Å². The maximum absolute atomic E-state index is 12.9. The number of aromatic nitrogens is 1. The molecule has 1 aromatic heterocycles. The fraction of sp³-hybridized carbons (Fsp3) is 0.458. The summed E-state index contributed by atoms with van der Waals surface area (Å²) in [6.07, 6.45) is 4.52. The van der Waals surface area contributed by atoms with Gasteiger partial charge in [-0.15, -0.1) is 0 Å². The van der Waals surface area contributed by atoms with Gasteiger partial charge in [0.2, 0.25) is 5.91 Å². The van der Waals surface area contributed by atoms with Crippen LogP contribution in [0, 0.1) is 5.92 Å². The van der Waals surface area contributed by atoms with E-state index in [9.17, 15) is 18.0 Å². The van der Waals surface area contributed by atoms with Crippen LogP contribution in [0.1, 0.15) is 29.6 Å². The number of carbonyl (C=O) groups is 2. The number of pyridine rings is 1. The third kappa shape index (κ3) is 6.50. The molecular weight excluding hydrogens is 492 g/mol. The van der Waals surface area contributed by atoms with Gasteiger partial charge in [-0.1, -0.05) is 17.7 Å². The highest BCUT2D eigenvalue weighted by Crippen LogP contribution is 2.31. The SMILES string of the molecule is CS(=O)(=O)c1cnc(N2CCC(CC(=O)N3CCOCC3)CC2)c(NC(=O)c2cccc(Cl)c2)c1. The molecule has 2 aliphatic heterocycles. The van der Waals surface area contributed by atoms with E-state index in [1.54, 1.807) is 24.3 Å². The van der Waals surface area contributed by atoms with Gasteiger partial charge in [-0.25, -0.2) is 13.4 Å². The van der Waals surface area contributed by atoms with Crippen LogP contribution in [0.15, 0.2) is 41.4 Å². The van der Waals surface area contributed by atoms with Gasteiger partial charge in [0.15, 0.2) is 15.7 Å². The summed E-state index contributed by atoms with van der Waals surface area (Å²) in [5, 5.41) is 3.24. The molecule has 0 aliphatic carbocycles. The van der Waals surface area contributed by atoms with E-state index in [2.05, 4.69) is 10.3 Å². The number of nitrogens with one attached hydrogen (secondary N) is 1. The molecule has 11 heteroatoms. The van der Waals surface area contributed by atoms with Crippen molar-refractivity contribution in [3.05, 3.63) is 47.1 Å². The number of halogens is 1. The molecule has 35 heavy (non-hydrogen) atoms. The van der Waals surface area contributed by atoms with Crippen molar-refractivity contribution in [3.63, 3.8) is 0 Å². The molecule has 2 fully saturated rings. The number of piperidine rings is 1. The molecule has 0 bridgehead atoms. The Morgan fingerprint density at radius 2 is 1.86 bits per heavy atom. The van der Waals surface area contributed by atoms with Crippen LogP contribution < -0.4 is 10.2 Å². The smallest absolute Gasteiger partial charge is 0.255 e. The number of carbonyl (C=O) groups excluding carboxylic acids is 2. The first-order valence-corrected chi connectivity index (χ1v) is 13.8. The largest absolute Gasteiger partial charge is 0.378 e. The average molecular weight is 521 g/mol. The molecule has 1 aromatic carbocycles. The summed E-state index contributed by atoms with van der Waals surface area (Å²) in [5.74, 6) is 0.524. The number of hydrogen-bond donors (Lipinski definition) is 1. The van der Waals surface area contributed by atoms with Gasteiger partial charge in [0, 0.05) is 55.6 Å². The predicted molar refractivity (Wildman–Crippen MR) is 134 cm³/mol. The van der Waals surface area contributed by atoms with Crippen molar-refractivity contribution < 1.29 is 22.7 Å². The molecular formula is C24H29ClN4O5S. The van der Waals surface area contributed by atoms with Crippen molar-refractivity contribution in [1.29, 1.82) is 0 Å². The average Bonchev–Trinajstić information content (AvgIpc) is 2.84. The molecule has 0 unspecified atom stereocenters. The Labute approximate surface area is 210 Å². The van der Waals surface area contributed by atoms with Gasteiger partial charge in [0.25, 0.3) is 5.91 Å². The van der Waals surface area contributed by atoms with Crippen LogP contribution >= 0.6 is 11.6 Å². The molecule has 4 rings (SSSR count). The number of rotatable bonds is 6. The number of amides is 2. The Morgan fingerprint density at radius 3 is 2.51 bits per heavy atom. The first-order valence-electron chi connectivity index (χ1n) is 11.6. The highest BCUT2D eigenvalue weighted by molar-refractivity contribution is 7.90. The van der Waals surface area contributed by atoms with Crippen LogP contribution in [-0.2, 0) is 19.4 Å². The van der Waals surface area contributed by atoms with Crippen LogP contribution in [0.5, 0.6) is 0 Å². The molecule has 2 aliphatic rings. The molecule has 3 heterocycles. The first kappa shape index (κ1) is 25.4. The van der Waals surface area contributed by atoms with Crippen molar-refractivity contribution in [3.8, 4) is 0 Å². The zero-order valence-electron chi connectivity index (χ0n) is 19.6. The monoisotopic (exact) mass is 520 g/mol. The summed E-state index contributed by atoms with van der Waals surface area (Å²) < 4.78 is 29.6. The van der Waals surface area contributed by atoms with Crippen LogP contribution in [-0.4, -0.2) is 75.8 Å². The van der Waals surface area contributed by atoms with Crippen LogP contribution in [0.3, 0.4) is 0 Å². The highest BCUT2D eigenvalue weighted by Gasteiger charge is 2.27. The quantitative estimate of drug-likeness (QED) is 0.623. The van der Waals surface area contributed by atoms with Crippen LogP contribution in [0.4, 0.5) is 11.5 Å². The molecule has 2 aromatic rings. The van der Waals surface area contributed by atoms with Gasteiger partial charge < -0.3 is 19.9 Å². The number of ether oxygens (including phenoxy) is 1. The lowest BCUT2D eigenvalue weighted by molar-refractivity contribution is -0.136. The summed E-state index contributed by atoms with van der Waals surface area (Å²) in [6.45, 7) is 3.75. The standard InChI is InChI=1S/C24H29ClN4O5S/c1-35(32,33)20-15-21(27-24(31)18-3-2-4-19(25)14-18)23(26-16-20)29-7-5-17(6-8-29)13-22(30)28-9-11-34-12-10-28/h2-4,14-17H,5-13H2,1H3,(H,27,31). The normalized spacial score (nSPS) is 17.3. The van der Waals surface area contributed by atoms with Crippen LogP contribution in [0.2, 0.25) is 5.02 Å². The molecule has 9 nitrogen and oxygen atoms in total. The van der Waals surface area contributed by atoms with E-state index in [0.717, 1.165) is 19.1 Å². The zero-order valence-corrected chi connectivity index (χ0v) is 21.1. The predicted octanol–water partition coefficient (Wildman–Crippen LogP) is 2.86. The van der Waals surface area contributed by atoms with Crippen molar-refractivity contribution in [2.75, 3.05) is 55.9 Å². The molecule has 0 atom stereocenters. The topological polar surface area (TPSA) is 109 Å². The lowest BCUT2D eigenvalue weighted by Gasteiger charge is -2.35. The maximum Gasteiger partial charge on any atom is 0.255 e. The fourth-order valence-electron chi connectivity index (χ4n) is 4.35. The summed E-state index contributed by atoms with van der Waals surface area (Å²) in [7, 11) is -3.52. The van der Waals surface area contributed by atoms with Gasteiger partial charge in [0.1, 0.15) is 0 Å². The van der Waals surface area contributed by atoms with Gasteiger partial charge in [-0.05, 0) is 43.0 Å². The molecule has 2 amide bonds.